The van der Waals surface area contributed by atoms with Crippen LogP contribution in [-0.4, -0.2) is 33.7 Å². The van der Waals surface area contributed by atoms with Crippen LogP contribution in [-0.2, 0) is 6.54 Å². The first-order valence-corrected chi connectivity index (χ1v) is 8.20. The SMILES string of the molecule is c1cnc2c(c1)nc(C1CCCN1)n2CC1CCCCN1. The average Bonchev–Trinajstić information content (AvgIpc) is 3.16. The first-order valence-electron chi connectivity index (χ1n) is 8.20. The molecule has 0 aromatic carbocycles. The van der Waals surface area contributed by atoms with E-state index in [2.05, 4.69) is 26.3 Å². The van der Waals surface area contributed by atoms with Crippen molar-refractivity contribution in [3.63, 3.8) is 0 Å². The van der Waals surface area contributed by atoms with Gasteiger partial charge in [-0.15, -0.1) is 0 Å². The number of aromatic nitrogens is 3. The van der Waals surface area contributed by atoms with E-state index < -0.39 is 0 Å². The van der Waals surface area contributed by atoms with E-state index in [1.54, 1.807) is 0 Å². The minimum atomic E-state index is 0.391. The maximum absolute atomic E-state index is 4.87. The van der Waals surface area contributed by atoms with Gasteiger partial charge in [0.05, 0.1) is 6.04 Å². The van der Waals surface area contributed by atoms with Crippen molar-refractivity contribution < 1.29 is 0 Å². The lowest BCUT2D eigenvalue weighted by atomic mass is 10.0. The van der Waals surface area contributed by atoms with E-state index in [0.717, 1.165) is 30.8 Å². The highest BCUT2D eigenvalue weighted by Gasteiger charge is 2.25. The second kappa shape index (κ2) is 5.73. The number of hydrogen-bond donors (Lipinski definition) is 2. The van der Waals surface area contributed by atoms with Crippen molar-refractivity contribution in [2.75, 3.05) is 13.1 Å². The van der Waals surface area contributed by atoms with Crippen LogP contribution in [0.15, 0.2) is 18.3 Å². The van der Waals surface area contributed by atoms with Gasteiger partial charge in [0.2, 0.25) is 0 Å². The van der Waals surface area contributed by atoms with Gasteiger partial charge in [0.15, 0.2) is 5.65 Å². The van der Waals surface area contributed by atoms with Gasteiger partial charge in [0.1, 0.15) is 11.3 Å². The monoisotopic (exact) mass is 285 g/mol. The molecule has 2 aliphatic rings. The Hall–Kier alpha value is -1.46. The number of fused-ring (bicyclic) bond motifs is 1. The number of rotatable bonds is 3. The summed E-state index contributed by atoms with van der Waals surface area (Å²) in [6, 6.07) is 5.00. The second-order valence-corrected chi connectivity index (χ2v) is 6.22. The standard InChI is InChI=1S/C16H23N5/c1-2-8-17-12(5-1)11-21-15-14(7-4-10-19-15)20-16(21)13-6-3-9-18-13/h4,7,10,12-13,17-18H,1-3,5-6,8-9,11H2. The third-order valence-electron chi connectivity index (χ3n) is 4.72. The number of piperidine rings is 1. The molecule has 4 rings (SSSR count). The Kier molecular flexibility index (Phi) is 3.61. The Bertz CT molecular complexity index is 608. The summed E-state index contributed by atoms with van der Waals surface area (Å²) >= 11 is 0. The van der Waals surface area contributed by atoms with Crippen molar-refractivity contribution in [1.29, 1.82) is 0 Å². The van der Waals surface area contributed by atoms with Gasteiger partial charge >= 0.3 is 0 Å². The molecule has 0 aliphatic carbocycles. The van der Waals surface area contributed by atoms with Crippen molar-refractivity contribution in [1.82, 2.24) is 25.2 Å². The van der Waals surface area contributed by atoms with Crippen molar-refractivity contribution in [2.45, 2.75) is 50.7 Å². The summed E-state index contributed by atoms with van der Waals surface area (Å²) in [6.07, 6.45) is 8.18. The molecule has 5 nitrogen and oxygen atoms in total. The lowest BCUT2D eigenvalue weighted by Crippen LogP contribution is -2.38. The molecule has 4 heterocycles. The molecule has 0 amide bonds. The highest BCUT2D eigenvalue weighted by atomic mass is 15.2. The predicted molar refractivity (Wildman–Crippen MR) is 83.1 cm³/mol. The van der Waals surface area contributed by atoms with Crippen LogP contribution in [0.5, 0.6) is 0 Å². The van der Waals surface area contributed by atoms with Gasteiger partial charge in [-0.2, -0.15) is 0 Å². The van der Waals surface area contributed by atoms with E-state index in [1.807, 2.05) is 12.3 Å². The van der Waals surface area contributed by atoms with Crippen LogP contribution < -0.4 is 10.6 Å². The van der Waals surface area contributed by atoms with Gasteiger partial charge in [0.25, 0.3) is 0 Å². The Balaban J connectivity index is 1.70. The average molecular weight is 285 g/mol. The van der Waals surface area contributed by atoms with Gasteiger partial charge in [0, 0.05) is 18.8 Å². The number of nitrogens with zero attached hydrogens (tertiary/aromatic N) is 3. The maximum Gasteiger partial charge on any atom is 0.160 e. The van der Waals surface area contributed by atoms with Crippen molar-refractivity contribution in [3.8, 4) is 0 Å². The van der Waals surface area contributed by atoms with Crippen LogP contribution in [0, 0.1) is 0 Å². The molecule has 2 aromatic heterocycles. The fourth-order valence-electron chi connectivity index (χ4n) is 3.63. The van der Waals surface area contributed by atoms with E-state index in [1.165, 1.54) is 37.9 Å². The molecular formula is C16H23N5. The topological polar surface area (TPSA) is 54.8 Å². The zero-order valence-electron chi connectivity index (χ0n) is 12.4. The van der Waals surface area contributed by atoms with Crippen LogP contribution >= 0.6 is 0 Å². The molecule has 5 heteroatoms. The fourth-order valence-corrected chi connectivity index (χ4v) is 3.63. The largest absolute Gasteiger partial charge is 0.312 e. The lowest BCUT2D eigenvalue weighted by molar-refractivity contribution is 0.358. The normalized spacial score (nSPS) is 26.5. The predicted octanol–water partition coefficient (Wildman–Crippen LogP) is 2.00. The molecule has 2 N–H and O–H groups in total. The summed E-state index contributed by atoms with van der Waals surface area (Å²) in [6.45, 7) is 3.23. The summed E-state index contributed by atoms with van der Waals surface area (Å²) in [7, 11) is 0. The summed E-state index contributed by atoms with van der Waals surface area (Å²) in [5.41, 5.74) is 2.06. The van der Waals surface area contributed by atoms with E-state index in [4.69, 9.17) is 4.98 Å². The summed E-state index contributed by atoms with van der Waals surface area (Å²) < 4.78 is 2.35. The minimum absolute atomic E-state index is 0.391. The number of nitrogens with one attached hydrogen (secondary N) is 2. The Morgan fingerprint density at radius 1 is 1.14 bits per heavy atom. The molecule has 0 saturated carbocycles. The number of hydrogen-bond acceptors (Lipinski definition) is 4. The maximum atomic E-state index is 4.87. The lowest BCUT2D eigenvalue weighted by Gasteiger charge is -2.25. The molecule has 112 valence electrons. The van der Waals surface area contributed by atoms with Gasteiger partial charge in [-0.3, -0.25) is 0 Å². The van der Waals surface area contributed by atoms with E-state index >= 15 is 0 Å². The molecule has 0 radical (unpaired) electrons. The van der Waals surface area contributed by atoms with Crippen LogP contribution in [0.2, 0.25) is 0 Å². The van der Waals surface area contributed by atoms with Gasteiger partial charge in [-0.05, 0) is 50.9 Å². The molecule has 2 aromatic rings. The number of pyridine rings is 1. The molecule has 0 spiro atoms. The van der Waals surface area contributed by atoms with Crippen molar-refractivity contribution in [2.24, 2.45) is 0 Å². The Morgan fingerprint density at radius 3 is 2.90 bits per heavy atom. The zero-order chi connectivity index (χ0) is 14.1. The molecule has 2 aliphatic heterocycles. The summed E-state index contributed by atoms with van der Waals surface area (Å²) in [4.78, 5) is 9.45. The molecule has 0 bridgehead atoms. The fraction of sp³-hybridized carbons (Fsp3) is 0.625. The molecule has 2 unspecified atom stereocenters. The Labute approximate surface area is 125 Å². The highest BCUT2D eigenvalue weighted by Crippen LogP contribution is 2.26. The first kappa shape index (κ1) is 13.2. The highest BCUT2D eigenvalue weighted by molar-refractivity contribution is 5.71. The van der Waals surface area contributed by atoms with Crippen molar-refractivity contribution >= 4 is 11.2 Å². The summed E-state index contributed by atoms with van der Waals surface area (Å²) in [5.74, 6) is 1.17. The van der Waals surface area contributed by atoms with Crippen molar-refractivity contribution in [3.05, 3.63) is 24.2 Å². The molecule has 21 heavy (non-hydrogen) atoms. The van der Waals surface area contributed by atoms with E-state index in [9.17, 15) is 0 Å². The molecular weight excluding hydrogens is 262 g/mol. The van der Waals surface area contributed by atoms with Crippen LogP contribution in [0.4, 0.5) is 0 Å². The van der Waals surface area contributed by atoms with E-state index in [0.29, 0.717) is 12.1 Å². The molecule has 2 fully saturated rings. The van der Waals surface area contributed by atoms with E-state index in [-0.39, 0.29) is 0 Å². The first-order chi connectivity index (χ1) is 10.4. The quantitative estimate of drug-likeness (QED) is 0.905. The second-order valence-electron chi connectivity index (χ2n) is 6.22. The van der Waals surface area contributed by atoms with Gasteiger partial charge in [-0.25, -0.2) is 9.97 Å². The van der Waals surface area contributed by atoms with Gasteiger partial charge < -0.3 is 15.2 Å². The summed E-state index contributed by atoms with van der Waals surface area (Å²) in [5, 5.41) is 7.22. The Morgan fingerprint density at radius 2 is 2.10 bits per heavy atom. The molecule has 2 atom stereocenters. The third-order valence-corrected chi connectivity index (χ3v) is 4.72. The zero-order valence-corrected chi connectivity index (χ0v) is 12.4. The van der Waals surface area contributed by atoms with Crippen LogP contribution in [0.3, 0.4) is 0 Å². The van der Waals surface area contributed by atoms with Crippen LogP contribution in [0.25, 0.3) is 11.2 Å². The third kappa shape index (κ3) is 2.56. The smallest absolute Gasteiger partial charge is 0.160 e. The van der Waals surface area contributed by atoms with Gasteiger partial charge in [-0.1, -0.05) is 6.42 Å². The number of imidazole rings is 1. The van der Waals surface area contributed by atoms with Crippen LogP contribution in [0.1, 0.15) is 44.0 Å². The molecule has 2 saturated heterocycles. The minimum Gasteiger partial charge on any atom is -0.312 e.